The lowest BCUT2D eigenvalue weighted by Crippen LogP contribution is -1.91. The number of benzene rings is 9. The lowest BCUT2D eigenvalue weighted by molar-refractivity contribution is 0.619. The zero-order valence-electron chi connectivity index (χ0n) is 40.8. The number of hydrogen-bond acceptors (Lipinski definition) is 2. The monoisotopic (exact) mass is 651 g/mol. The topological polar surface area (TPSA) is 26.3 Å². The molecular weight excluding hydrogens is 609 g/mol. The highest BCUT2D eigenvalue weighted by Gasteiger charge is 2.23. The van der Waals surface area contributed by atoms with Gasteiger partial charge in [-0.2, -0.15) is 0 Å². The third-order valence-corrected chi connectivity index (χ3v) is 9.47. The summed E-state index contributed by atoms with van der Waals surface area (Å²) in [6, 6.07) is 12.3. The molecule has 11 rings (SSSR count). The van der Waals surface area contributed by atoms with Gasteiger partial charge in [-0.15, -0.1) is 0 Å². The second kappa shape index (κ2) is 10.4. The number of furan rings is 2. The van der Waals surface area contributed by atoms with Crippen LogP contribution in [0, 0.1) is 0 Å². The van der Waals surface area contributed by atoms with Crippen molar-refractivity contribution in [2.45, 2.75) is 0 Å². The first-order valence-corrected chi connectivity index (χ1v) is 15.9. The summed E-state index contributed by atoms with van der Waals surface area (Å²) in [6.45, 7) is 0. The smallest absolute Gasteiger partial charge is 0.146 e. The Morgan fingerprint density at radius 2 is 1.10 bits per heavy atom. The molecule has 11 aromatic rings. The predicted octanol–water partition coefficient (Wildman–Crippen LogP) is 13.9. The van der Waals surface area contributed by atoms with Crippen molar-refractivity contribution in [3.63, 3.8) is 0 Å². The summed E-state index contributed by atoms with van der Waals surface area (Å²) in [5.41, 5.74) is 2.12. The van der Waals surface area contributed by atoms with Gasteiger partial charge in [0.25, 0.3) is 0 Å². The van der Waals surface area contributed by atoms with E-state index in [4.69, 9.17) is 22.5 Å². The van der Waals surface area contributed by atoms with Crippen molar-refractivity contribution >= 4 is 76.0 Å². The number of hydrogen-bond donors (Lipinski definition) is 0. The molecular formula is C48H28O2. The molecule has 0 aliphatic carbocycles. The van der Waals surface area contributed by atoms with Crippen LogP contribution in [0.2, 0.25) is 0 Å². The van der Waals surface area contributed by atoms with Crippen LogP contribution in [0.5, 0.6) is 0 Å². The van der Waals surface area contributed by atoms with E-state index in [1.54, 1.807) is 30.5 Å². The van der Waals surface area contributed by atoms with Gasteiger partial charge in [0.05, 0.1) is 32.2 Å². The van der Waals surface area contributed by atoms with E-state index in [9.17, 15) is 6.85 Å². The Morgan fingerprint density at radius 3 is 1.88 bits per heavy atom. The second-order valence-electron chi connectivity index (χ2n) is 12.1. The molecule has 0 bridgehead atoms. The van der Waals surface area contributed by atoms with Crippen LogP contribution in [0.15, 0.2) is 179 Å². The fraction of sp³-hybridized carbons (Fsp3) is 0. The molecule has 0 fully saturated rings. The summed E-state index contributed by atoms with van der Waals surface area (Å²) in [5.74, 6) is 0. The van der Waals surface area contributed by atoms with Crippen LogP contribution in [0.1, 0.15) is 20.6 Å². The quantitative estimate of drug-likeness (QED) is 0.178. The maximum absolute atomic E-state index is 9.50. The highest BCUT2D eigenvalue weighted by Crippen LogP contribution is 2.48. The standard InChI is InChI=1S/C48H28O2/c1-2-13-31-27-32(24-23-29(31)11-1)42-28-49-48-39(42)25-26-43-46(48)41-22-10-21-40(47(41)50-43)45-37-18-7-5-16-35(37)44(36-17-6-8-19-38(36)45)34-20-9-14-30-12-3-4-15-33(30)34/h1-28H/i3D,4D,5D,6D,7D,8D,9D,12D,14D,15D,16D,17D,18D,19D,20D. The van der Waals surface area contributed by atoms with E-state index in [-0.39, 0.29) is 43.8 Å². The van der Waals surface area contributed by atoms with Gasteiger partial charge in [0.1, 0.15) is 16.7 Å². The predicted molar refractivity (Wildman–Crippen MR) is 210 cm³/mol. The first kappa shape index (κ1) is 16.6. The average Bonchev–Trinajstić information content (AvgIpc) is 3.92. The lowest BCUT2D eigenvalue weighted by atomic mass is 9.84. The normalized spacial score (nSPS) is 16.2. The summed E-state index contributed by atoms with van der Waals surface area (Å²) in [6.07, 6.45) is 1.67. The molecule has 9 aromatic carbocycles. The van der Waals surface area contributed by atoms with Crippen molar-refractivity contribution in [2.24, 2.45) is 0 Å². The van der Waals surface area contributed by atoms with Crippen molar-refractivity contribution in [3.05, 3.63) is 170 Å². The summed E-state index contributed by atoms with van der Waals surface area (Å²) in [4.78, 5) is 0. The minimum Gasteiger partial charge on any atom is -0.463 e. The van der Waals surface area contributed by atoms with Gasteiger partial charge in [-0.1, -0.05) is 145 Å². The van der Waals surface area contributed by atoms with Gasteiger partial charge < -0.3 is 8.83 Å². The van der Waals surface area contributed by atoms with Crippen molar-refractivity contribution in [1.82, 2.24) is 0 Å². The molecule has 0 saturated heterocycles. The molecule has 50 heavy (non-hydrogen) atoms. The van der Waals surface area contributed by atoms with Crippen molar-refractivity contribution in [3.8, 4) is 33.4 Å². The zero-order valence-corrected chi connectivity index (χ0v) is 25.8. The van der Waals surface area contributed by atoms with E-state index >= 15 is 0 Å². The van der Waals surface area contributed by atoms with Gasteiger partial charge in [-0.3, -0.25) is 0 Å². The molecule has 2 heteroatoms. The first-order chi connectivity index (χ1) is 31.0. The second-order valence-corrected chi connectivity index (χ2v) is 12.1. The van der Waals surface area contributed by atoms with Crippen LogP contribution in [0.25, 0.3) is 109 Å². The highest BCUT2D eigenvalue weighted by molar-refractivity contribution is 6.27. The lowest BCUT2D eigenvalue weighted by Gasteiger charge is -2.18. The molecule has 0 saturated carbocycles. The zero-order chi connectivity index (χ0) is 45.8. The van der Waals surface area contributed by atoms with Crippen LogP contribution in [-0.4, -0.2) is 0 Å². The molecule has 2 aromatic heterocycles. The third kappa shape index (κ3) is 3.85. The average molecular weight is 652 g/mol. The molecule has 0 amide bonds. The SMILES string of the molecule is [2H]c1c([2H])c([2H])c2c(-c3c4c([2H])c([2H])c([2H])c([2H])c4c(-c4cccc5c4oc4ccc6c(-c7ccc8ccccc8c7)coc6c45)c4c([2H])c([2H])c([2H])c([2H])c34)c([2H])c([2H])c([2H])c2c1[2H]. The van der Waals surface area contributed by atoms with Crippen LogP contribution >= 0.6 is 0 Å². The highest BCUT2D eigenvalue weighted by atomic mass is 16.3. The van der Waals surface area contributed by atoms with Crippen molar-refractivity contribution in [2.75, 3.05) is 0 Å². The Hall–Kier alpha value is -6.64. The maximum atomic E-state index is 9.50. The molecule has 2 nitrogen and oxygen atoms in total. The molecule has 0 aliphatic heterocycles. The van der Waals surface area contributed by atoms with Crippen LogP contribution in [0.4, 0.5) is 0 Å². The Labute approximate surface area is 308 Å². The Kier molecular flexibility index (Phi) is 3.47. The fourth-order valence-electron chi connectivity index (χ4n) is 7.30. The molecule has 0 aliphatic rings. The third-order valence-electron chi connectivity index (χ3n) is 9.47. The summed E-state index contributed by atoms with van der Waals surface area (Å²) < 4.78 is 148. The molecule has 0 N–H and O–H groups in total. The largest absolute Gasteiger partial charge is 0.463 e. The van der Waals surface area contributed by atoms with Gasteiger partial charge in [-0.25, -0.2) is 0 Å². The Morgan fingerprint density at radius 1 is 0.420 bits per heavy atom. The van der Waals surface area contributed by atoms with Crippen LogP contribution < -0.4 is 0 Å². The number of rotatable bonds is 3. The van der Waals surface area contributed by atoms with Gasteiger partial charge in [0.15, 0.2) is 0 Å². The van der Waals surface area contributed by atoms with Crippen molar-refractivity contribution < 1.29 is 29.4 Å². The molecule has 0 spiro atoms. The molecule has 232 valence electrons. The van der Waals surface area contributed by atoms with Gasteiger partial charge in [0.2, 0.25) is 0 Å². The van der Waals surface area contributed by atoms with E-state index in [0.29, 0.717) is 21.9 Å². The first-order valence-electron chi connectivity index (χ1n) is 23.4. The van der Waals surface area contributed by atoms with E-state index < -0.39 is 107 Å². The molecule has 0 unspecified atom stereocenters. The Balaban J connectivity index is 1.33. The fourth-order valence-corrected chi connectivity index (χ4v) is 7.30. The van der Waals surface area contributed by atoms with E-state index in [1.165, 1.54) is 0 Å². The van der Waals surface area contributed by atoms with E-state index in [2.05, 4.69) is 6.07 Å². The van der Waals surface area contributed by atoms with Crippen LogP contribution in [0.3, 0.4) is 0 Å². The number of fused-ring (bicyclic) bond motifs is 9. The van der Waals surface area contributed by atoms with Crippen LogP contribution in [-0.2, 0) is 0 Å². The molecule has 0 radical (unpaired) electrons. The van der Waals surface area contributed by atoms with E-state index in [0.717, 1.165) is 27.3 Å². The molecule has 0 atom stereocenters. The molecule has 2 heterocycles. The van der Waals surface area contributed by atoms with Gasteiger partial charge >= 0.3 is 0 Å². The van der Waals surface area contributed by atoms with Gasteiger partial charge in [0, 0.05) is 27.5 Å². The minimum atomic E-state index is -0.773. The minimum absolute atomic E-state index is 0.0594. The maximum Gasteiger partial charge on any atom is 0.146 e. The Bertz CT molecular complexity index is 3930. The summed E-state index contributed by atoms with van der Waals surface area (Å²) in [5, 5.41) is 1.97. The summed E-state index contributed by atoms with van der Waals surface area (Å²) >= 11 is 0. The van der Waals surface area contributed by atoms with Crippen molar-refractivity contribution in [1.29, 1.82) is 0 Å². The number of para-hydroxylation sites is 1. The van der Waals surface area contributed by atoms with Gasteiger partial charge in [-0.05, 0) is 78.0 Å². The summed E-state index contributed by atoms with van der Waals surface area (Å²) in [7, 11) is 0. The van der Waals surface area contributed by atoms with E-state index in [1.807, 2.05) is 42.5 Å².